The molecule has 1 aliphatic heterocycles. The number of hydrogen-bond acceptors (Lipinski definition) is 4. The van der Waals surface area contributed by atoms with E-state index >= 15 is 0 Å². The molecule has 0 N–H and O–H groups in total. The zero-order valence-electron chi connectivity index (χ0n) is 14.2. The van der Waals surface area contributed by atoms with Crippen LogP contribution in [0.2, 0.25) is 5.02 Å². The average Bonchev–Trinajstić information content (AvgIpc) is 2.63. The number of hydrazone groups is 1. The van der Waals surface area contributed by atoms with Crippen molar-refractivity contribution in [2.45, 2.75) is 6.54 Å². The third kappa shape index (κ3) is 4.97. The molecule has 0 atom stereocenters. The van der Waals surface area contributed by atoms with Gasteiger partial charge in [-0.1, -0.05) is 45.7 Å². The maximum Gasteiger partial charge on any atom is 0.127 e. The number of ether oxygens (including phenoxy) is 1. The molecule has 0 amide bonds. The van der Waals surface area contributed by atoms with Crippen LogP contribution in [0.3, 0.4) is 0 Å². The Hall–Kier alpha value is -1.56. The van der Waals surface area contributed by atoms with Gasteiger partial charge in [-0.2, -0.15) is 5.10 Å². The summed E-state index contributed by atoms with van der Waals surface area (Å²) in [5.74, 6) is 0.823. The van der Waals surface area contributed by atoms with E-state index in [1.165, 1.54) is 5.56 Å². The first-order chi connectivity index (χ1) is 12.2. The summed E-state index contributed by atoms with van der Waals surface area (Å²) in [6, 6.07) is 13.9. The Morgan fingerprint density at radius 2 is 1.92 bits per heavy atom. The number of nitrogens with zero attached hydrogens (tertiary/aromatic N) is 3. The smallest absolute Gasteiger partial charge is 0.127 e. The first-order valence-electron chi connectivity index (χ1n) is 8.24. The third-order valence-corrected chi connectivity index (χ3v) is 5.11. The maximum atomic E-state index is 6.25. The number of piperazine rings is 1. The maximum absolute atomic E-state index is 6.25. The Morgan fingerprint density at radius 1 is 1.16 bits per heavy atom. The molecule has 0 bridgehead atoms. The van der Waals surface area contributed by atoms with E-state index in [2.05, 4.69) is 37.0 Å². The lowest BCUT2D eigenvalue weighted by Crippen LogP contribution is -2.43. The average molecular weight is 423 g/mol. The van der Waals surface area contributed by atoms with Crippen LogP contribution < -0.4 is 4.74 Å². The minimum atomic E-state index is 0.823. The Kier molecular flexibility index (Phi) is 6.34. The molecule has 132 valence electrons. The number of benzene rings is 2. The summed E-state index contributed by atoms with van der Waals surface area (Å²) in [6.45, 7) is 4.63. The molecule has 2 aromatic carbocycles. The summed E-state index contributed by atoms with van der Waals surface area (Å²) in [5, 5.41) is 7.56. The monoisotopic (exact) mass is 421 g/mol. The zero-order valence-corrected chi connectivity index (χ0v) is 16.5. The van der Waals surface area contributed by atoms with Crippen molar-refractivity contribution in [1.82, 2.24) is 9.91 Å². The van der Waals surface area contributed by atoms with Crippen LogP contribution in [0.15, 0.2) is 52.0 Å². The molecule has 4 nitrogen and oxygen atoms in total. The van der Waals surface area contributed by atoms with Gasteiger partial charge in [0.1, 0.15) is 5.75 Å². The van der Waals surface area contributed by atoms with Crippen molar-refractivity contribution in [2.24, 2.45) is 5.10 Å². The highest BCUT2D eigenvalue weighted by Crippen LogP contribution is 2.22. The van der Waals surface area contributed by atoms with Gasteiger partial charge < -0.3 is 4.74 Å². The third-order valence-electron chi connectivity index (χ3n) is 4.25. The van der Waals surface area contributed by atoms with Crippen LogP contribution in [0.4, 0.5) is 0 Å². The fourth-order valence-corrected chi connectivity index (χ4v) is 3.40. The lowest BCUT2D eigenvalue weighted by Gasteiger charge is -2.33. The predicted octanol–water partition coefficient (Wildman–Crippen LogP) is 4.26. The molecule has 3 rings (SSSR count). The van der Waals surface area contributed by atoms with Gasteiger partial charge in [-0.3, -0.25) is 9.91 Å². The summed E-state index contributed by atoms with van der Waals surface area (Å²) >= 11 is 9.74. The van der Waals surface area contributed by atoms with Crippen LogP contribution in [0.5, 0.6) is 5.75 Å². The summed E-state index contributed by atoms with van der Waals surface area (Å²) < 4.78 is 6.40. The Bertz CT molecular complexity index is 745. The van der Waals surface area contributed by atoms with Gasteiger partial charge in [0.2, 0.25) is 0 Å². The summed E-state index contributed by atoms with van der Waals surface area (Å²) in [6.07, 6.45) is 1.87. The second-order valence-corrected chi connectivity index (χ2v) is 7.27. The van der Waals surface area contributed by atoms with E-state index in [0.29, 0.717) is 0 Å². The van der Waals surface area contributed by atoms with E-state index in [9.17, 15) is 0 Å². The molecule has 0 aliphatic carbocycles. The Balaban J connectivity index is 1.56. The quantitative estimate of drug-likeness (QED) is 0.674. The van der Waals surface area contributed by atoms with Crippen molar-refractivity contribution in [3.8, 4) is 5.75 Å². The predicted molar refractivity (Wildman–Crippen MR) is 107 cm³/mol. The number of hydrogen-bond donors (Lipinski definition) is 0. The van der Waals surface area contributed by atoms with Crippen LogP contribution >= 0.6 is 27.5 Å². The first-order valence-corrected chi connectivity index (χ1v) is 9.41. The van der Waals surface area contributed by atoms with Crippen LogP contribution in [-0.2, 0) is 6.54 Å². The second kappa shape index (κ2) is 8.70. The molecule has 0 saturated carbocycles. The van der Waals surface area contributed by atoms with E-state index in [1.807, 2.05) is 42.6 Å². The molecule has 0 aromatic heterocycles. The van der Waals surface area contributed by atoms with Crippen molar-refractivity contribution >= 4 is 33.7 Å². The molecule has 0 radical (unpaired) electrons. The molecule has 0 unspecified atom stereocenters. The van der Waals surface area contributed by atoms with Crippen molar-refractivity contribution in [2.75, 3.05) is 33.3 Å². The van der Waals surface area contributed by atoms with E-state index in [4.69, 9.17) is 16.3 Å². The first kappa shape index (κ1) is 18.2. The lowest BCUT2D eigenvalue weighted by atomic mass is 10.2. The van der Waals surface area contributed by atoms with Crippen LogP contribution in [0, 0.1) is 0 Å². The highest BCUT2D eigenvalue weighted by molar-refractivity contribution is 9.10. The van der Waals surface area contributed by atoms with Gasteiger partial charge in [0.15, 0.2) is 0 Å². The van der Waals surface area contributed by atoms with E-state index in [1.54, 1.807) is 7.11 Å². The summed E-state index contributed by atoms with van der Waals surface area (Å²) in [5.41, 5.74) is 2.15. The molecule has 1 saturated heterocycles. The highest BCUT2D eigenvalue weighted by atomic mass is 79.9. The van der Waals surface area contributed by atoms with Gasteiger partial charge in [-0.25, -0.2) is 0 Å². The second-order valence-electron chi connectivity index (χ2n) is 5.95. The molecule has 25 heavy (non-hydrogen) atoms. The minimum absolute atomic E-state index is 0.823. The molecule has 1 aliphatic rings. The summed E-state index contributed by atoms with van der Waals surface area (Å²) in [4.78, 5) is 2.41. The normalized spacial score (nSPS) is 15.7. The van der Waals surface area contributed by atoms with Crippen molar-refractivity contribution in [1.29, 1.82) is 0 Å². The highest BCUT2D eigenvalue weighted by Gasteiger charge is 2.16. The van der Waals surface area contributed by atoms with Crippen molar-refractivity contribution in [3.63, 3.8) is 0 Å². The largest absolute Gasteiger partial charge is 0.496 e. The van der Waals surface area contributed by atoms with E-state index in [0.717, 1.165) is 53.5 Å². The molecule has 2 aromatic rings. The SMILES string of the molecule is COc1ccc(Br)cc1/C=N/N1CCN(Cc2ccccc2Cl)CC1. The van der Waals surface area contributed by atoms with Crippen LogP contribution in [0.1, 0.15) is 11.1 Å². The fourth-order valence-electron chi connectivity index (χ4n) is 2.83. The summed E-state index contributed by atoms with van der Waals surface area (Å²) in [7, 11) is 1.67. The number of methoxy groups -OCH3 is 1. The van der Waals surface area contributed by atoms with Crippen LogP contribution in [0.25, 0.3) is 0 Å². The van der Waals surface area contributed by atoms with Gasteiger partial charge in [0.25, 0.3) is 0 Å². The van der Waals surface area contributed by atoms with Gasteiger partial charge in [-0.15, -0.1) is 0 Å². The molecule has 0 spiro atoms. The molecule has 1 heterocycles. The van der Waals surface area contributed by atoms with Gasteiger partial charge in [0.05, 0.1) is 13.3 Å². The standard InChI is InChI=1S/C19H21BrClN3O/c1-25-19-7-6-17(20)12-16(19)13-22-24-10-8-23(9-11-24)14-15-4-2-3-5-18(15)21/h2-7,12-13H,8-11,14H2,1H3/b22-13+. The van der Waals surface area contributed by atoms with E-state index in [-0.39, 0.29) is 0 Å². The molecule has 1 fully saturated rings. The van der Waals surface area contributed by atoms with Crippen molar-refractivity contribution < 1.29 is 4.74 Å². The van der Waals surface area contributed by atoms with E-state index < -0.39 is 0 Å². The number of rotatable bonds is 5. The lowest BCUT2D eigenvalue weighted by molar-refractivity contribution is 0.131. The van der Waals surface area contributed by atoms with Crippen molar-refractivity contribution in [3.05, 3.63) is 63.1 Å². The molecular formula is C19H21BrClN3O. The molecular weight excluding hydrogens is 402 g/mol. The number of halogens is 2. The van der Waals surface area contributed by atoms with Gasteiger partial charge in [-0.05, 0) is 29.8 Å². The van der Waals surface area contributed by atoms with Gasteiger partial charge >= 0.3 is 0 Å². The van der Waals surface area contributed by atoms with Gasteiger partial charge in [0, 0.05) is 47.8 Å². The minimum Gasteiger partial charge on any atom is -0.496 e. The topological polar surface area (TPSA) is 28.1 Å². The molecule has 6 heteroatoms. The van der Waals surface area contributed by atoms with Crippen LogP contribution in [-0.4, -0.2) is 49.4 Å². The Labute approximate surface area is 162 Å². The Morgan fingerprint density at radius 3 is 2.64 bits per heavy atom. The zero-order chi connectivity index (χ0) is 17.6. The fraction of sp³-hybridized carbons (Fsp3) is 0.316.